The zero-order valence-corrected chi connectivity index (χ0v) is 9.90. The Labute approximate surface area is 90.7 Å². The molecule has 1 aromatic heterocycles. The first-order valence-electron chi connectivity index (χ1n) is 4.09. The fraction of sp³-hybridized carbons (Fsp3) is 0.444. The van der Waals surface area contributed by atoms with Crippen LogP contribution in [0.4, 0.5) is 0 Å². The van der Waals surface area contributed by atoms with Crippen LogP contribution in [-0.2, 0) is 0 Å². The smallest absolute Gasteiger partial charge is 0.254 e. The first kappa shape index (κ1) is 10.7. The molecule has 2 nitrogen and oxygen atoms in total. The molecule has 0 unspecified atom stereocenters. The summed E-state index contributed by atoms with van der Waals surface area (Å²) in [5.74, 6) is 0.113. The van der Waals surface area contributed by atoms with Crippen molar-refractivity contribution in [3.05, 3.63) is 22.4 Å². The van der Waals surface area contributed by atoms with Gasteiger partial charge >= 0.3 is 0 Å². The molecule has 13 heavy (non-hydrogen) atoms. The van der Waals surface area contributed by atoms with E-state index in [-0.39, 0.29) is 5.91 Å². The Hall–Kier alpha value is -0.350. The SMILES string of the molecule is CN(CCCBr)C(=O)c1ccsc1. The molecule has 0 aliphatic heterocycles. The maximum atomic E-state index is 11.6. The molecule has 0 aromatic carbocycles. The van der Waals surface area contributed by atoms with Gasteiger partial charge in [0.2, 0.25) is 0 Å². The third-order valence-corrected chi connectivity index (χ3v) is 2.99. The monoisotopic (exact) mass is 261 g/mol. The van der Waals surface area contributed by atoms with Crippen molar-refractivity contribution in [1.29, 1.82) is 0 Å². The van der Waals surface area contributed by atoms with E-state index in [1.807, 2.05) is 23.9 Å². The predicted molar refractivity (Wildman–Crippen MR) is 59.7 cm³/mol. The molecule has 1 heterocycles. The standard InChI is InChI=1S/C9H12BrNOS/c1-11(5-2-4-10)9(12)8-3-6-13-7-8/h3,6-7H,2,4-5H2,1H3. The highest BCUT2D eigenvalue weighted by Gasteiger charge is 2.10. The molecule has 0 aliphatic rings. The van der Waals surface area contributed by atoms with Crippen molar-refractivity contribution in [1.82, 2.24) is 4.90 Å². The van der Waals surface area contributed by atoms with Gasteiger partial charge in [-0.05, 0) is 17.9 Å². The fourth-order valence-corrected chi connectivity index (χ4v) is 1.89. The lowest BCUT2D eigenvalue weighted by atomic mass is 10.3. The molecule has 0 spiro atoms. The molecule has 4 heteroatoms. The minimum Gasteiger partial charge on any atom is -0.342 e. The molecule has 0 radical (unpaired) electrons. The number of thiophene rings is 1. The molecule has 0 saturated heterocycles. The Morgan fingerprint density at radius 2 is 2.46 bits per heavy atom. The van der Waals surface area contributed by atoms with E-state index in [9.17, 15) is 4.79 Å². The lowest BCUT2D eigenvalue weighted by Gasteiger charge is -2.15. The number of carbonyl (C=O) groups is 1. The highest BCUT2D eigenvalue weighted by molar-refractivity contribution is 9.09. The van der Waals surface area contributed by atoms with Gasteiger partial charge in [0.15, 0.2) is 0 Å². The molecule has 0 atom stereocenters. The summed E-state index contributed by atoms with van der Waals surface area (Å²) in [5, 5.41) is 4.74. The summed E-state index contributed by atoms with van der Waals surface area (Å²) in [4.78, 5) is 13.4. The molecule has 0 aliphatic carbocycles. The van der Waals surface area contributed by atoms with Crippen molar-refractivity contribution >= 4 is 33.2 Å². The van der Waals surface area contributed by atoms with Crippen LogP contribution in [0.5, 0.6) is 0 Å². The van der Waals surface area contributed by atoms with E-state index >= 15 is 0 Å². The average Bonchev–Trinajstić information content (AvgIpc) is 2.65. The molecule has 0 fully saturated rings. The van der Waals surface area contributed by atoms with E-state index in [0.717, 1.165) is 23.9 Å². The normalized spacial score (nSPS) is 10.0. The van der Waals surface area contributed by atoms with Crippen LogP contribution in [0.15, 0.2) is 16.8 Å². The van der Waals surface area contributed by atoms with Crippen molar-refractivity contribution < 1.29 is 4.79 Å². The quantitative estimate of drug-likeness (QED) is 0.764. The van der Waals surface area contributed by atoms with E-state index in [0.29, 0.717) is 0 Å². The van der Waals surface area contributed by atoms with E-state index in [1.54, 1.807) is 16.2 Å². The van der Waals surface area contributed by atoms with Crippen LogP contribution in [0.2, 0.25) is 0 Å². The van der Waals surface area contributed by atoms with Crippen LogP contribution in [0.3, 0.4) is 0 Å². The van der Waals surface area contributed by atoms with Gasteiger partial charge in [-0.3, -0.25) is 4.79 Å². The third-order valence-electron chi connectivity index (χ3n) is 1.74. The second-order valence-corrected chi connectivity index (χ2v) is 4.35. The summed E-state index contributed by atoms with van der Waals surface area (Å²) in [6, 6.07) is 1.86. The number of carbonyl (C=O) groups excluding carboxylic acids is 1. The molecular formula is C9H12BrNOS. The van der Waals surface area contributed by atoms with Gasteiger partial charge in [-0.25, -0.2) is 0 Å². The summed E-state index contributed by atoms with van der Waals surface area (Å²) in [7, 11) is 1.84. The van der Waals surface area contributed by atoms with Crippen molar-refractivity contribution in [3.8, 4) is 0 Å². The van der Waals surface area contributed by atoms with E-state index in [4.69, 9.17) is 0 Å². The lowest BCUT2D eigenvalue weighted by molar-refractivity contribution is 0.0796. The highest BCUT2D eigenvalue weighted by Crippen LogP contribution is 2.08. The van der Waals surface area contributed by atoms with E-state index in [1.165, 1.54) is 0 Å². The van der Waals surface area contributed by atoms with Crippen molar-refractivity contribution in [2.75, 3.05) is 18.9 Å². The first-order valence-corrected chi connectivity index (χ1v) is 6.15. The van der Waals surface area contributed by atoms with Gasteiger partial charge in [-0.2, -0.15) is 11.3 Å². The Bertz CT molecular complexity index is 261. The number of halogens is 1. The molecule has 1 amide bonds. The third kappa shape index (κ3) is 3.12. The number of hydrogen-bond donors (Lipinski definition) is 0. The number of nitrogens with zero attached hydrogens (tertiary/aromatic N) is 1. The van der Waals surface area contributed by atoms with Crippen LogP contribution in [-0.4, -0.2) is 29.7 Å². The van der Waals surface area contributed by atoms with Crippen molar-refractivity contribution in [2.24, 2.45) is 0 Å². The topological polar surface area (TPSA) is 20.3 Å². The van der Waals surface area contributed by atoms with Crippen LogP contribution in [0, 0.1) is 0 Å². The molecule has 0 bridgehead atoms. The largest absolute Gasteiger partial charge is 0.342 e. The Morgan fingerprint density at radius 1 is 1.69 bits per heavy atom. The number of rotatable bonds is 4. The summed E-state index contributed by atoms with van der Waals surface area (Å²) in [6.07, 6.45) is 0.992. The average molecular weight is 262 g/mol. The zero-order chi connectivity index (χ0) is 9.68. The molecule has 72 valence electrons. The number of amides is 1. The molecule has 0 saturated carbocycles. The molecule has 0 N–H and O–H groups in total. The van der Waals surface area contributed by atoms with Gasteiger partial charge in [0.25, 0.3) is 5.91 Å². The second kappa shape index (κ2) is 5.40. The predicted octanol–water partition coefficient (Wildman–Crippen LogP) is 2.61. The van der Waals surface area contributed by atoms with Gasteiger partial charge in [0.1, 0.15) is 0 Å². The van der Waals surface area contributed by atoms with Gasteiger partial charge in [0, 0.05) is 24.3 Å². The maximum absolute atomic E-state index is 11.6. The van der Waals surface area contributed by atoms with Gasteiger partial charge < -0.3 is 4.90 Å². The Kier molecular flexibility index (Phi) is 4.45. The van der Waals surface area contributed by atoms with E-state index in [2.05, 4.69) is 15.9 Å². The van der Waals surface area contributed by atoms with Gasteiger partial charge in [-0.15, -0.1) is 0 Å². The summed E-state index contributed by atoms with van der Waals surface area (Å²) in [6.45, 7) is 0.805. The maximum Gasteiger partial charge on any atom is 0.254 e. The van der Waals surface area contributed by atoms with E-state index < -0.39 is 0 Å². The molecule has 1 aromatic rings. The van der Waals surface area contributed by atoms with Crippen LogP contribution >= 0.6 is 27.3 Å². The lowest BCUT2D eigenvalue weighted by Crippen LogP contribution is -2.27. The van der Waals surface area contributed by atoms with Crippen LogP contribution < -0.4 is 0 Å². The van der Waals surface area contributed by atoms with Crippen molar-refractivity contribution in [2.45, 2.75) is 6.42 Å². The van der Waals surface area contributed by atoms with Crippen molar-refractivity contribution in [3.63, 3.8) is 0 Å². The van der Waals surface area contributed by atoms with Crippen LogP contribution in [0.25, 0.3) is 0 Å². The first-order chi connectivity index (χ1) is 6.25. The van der Waals surface area contributed by atoms with Crippen LogP contribution in [0.1, 0.15) is 16.8 Å². The molecule has 1 rings (SSSR count). The van der Waals surface area contributed by atoms with Gasteiger partial charge in [0.05, 0.1) is 5.56 Å². The van der Waals surface area contributed by atoms with Gasteiger partial charge in [-0.1, -0.05) is 15.9 Å². The Morgan fingerprint density at radius 3 is 3.00 bits per heavy atom. The summed E-state index contributed by atoms with van der Waals surface area (Å²) in [5.41, 5.74) is 0.794. The summed E-state index contributed by atoms with van der Waals surface area (Å²) < 4.78 is 0. The highest BCUT2D eigenvalue weighted by atomic mass is 79.9. The second-order valence-electron chi connectivity index (χ2n) is 2.78. The minimum absolute atomic E-state index is 0.113. The minimum atomic E-state index is 0.113. The fourth-order valence-electron chi connectivity index (χ4n) is 1.01. The number of alkyl halides is 1. The zero-order valence-electron chi connectivity index (χ0n) is 7.50. The number of hydrogen-bond acceptors (Lipinski definition) is 2. The summed E-state index contributed by atoms with van der Waals surface area (Å²) >= 11 is 4.89. The Balaban J connectivity index is 2.48. The molecular weight excluding hydrogens is 250 g/mol.